The van der Waals surface area contributed by atoms with Gasteiger partial charge in [0.2, 0.25) is 0 Å². The summed E-state index contributed by atoms with van der Waals surface area (Å²) in [6.45, 7) is 0. The van der Waals surface area contributed by atoms with Gasteiger partial charge in [-0.2, -0.15) is 5.10 Å². The highest BCUT2D eigenvalue weighted by Crippen LogP contribution is 2.39. The van der Waals surface area contributed by atoms with Gasteiger partial charge in [0, 0.05) is 0 Å². The average Bonchev–Trinajstić information content (AvgIpc) is 2.29. The number of hydrazone groups is 1. The third-order valence-corrected chi connectivity index (χ3v) is 3.04. The fraction of sp³-hybridized carbons (Fsp3) is 0. The lowest BCUT2D eigenvalue weighted by molar-refractivity contribution is 0.195. The van der Waals surface area contributed by atoms with Crippen LogP contribution in [0.2, 0.25) is 0 Å². The summed E-state index contributed by atoms with van der Waals surface area (Å²) in [5.41, 5.74) is 1.74. The van der Waals surface area contributed by atoms with Gasteiger partial charge < -0.3 is 5.11 Å². The van der Waals surface area contributed by atoms with Gasteiger partial charge in [-0.1, -0.05) is 46.4 Å². The molecule has 76 valence electrons. The Morgan fingerprint density at radius 2 is 1.50 bits per heavy atom. The van der Waals surface area contributed by atoms with Crippen LogP contribution in [0.25, 0.3) is 0 Å². The summed E-state index contributed by atoms with van der Waals surface area (Å²) in [5.74, 6) is 0. The number of nitrogens with zero attached hydrogens (tertiary/aromatic N) is 1. The molecule has 1 aliphatic rings. The summed E-state index contributed by atoms with van der Waals surface area (Å²) in [7, 11) is 0. The molecule has 0 aromatic rings. The lowest BCUT2D eigenvalue weighted by Crippen LogP contribution is -2.16. The molecule has 0 saturated heterocycles. The zero-order chi connectivity index (χ0) is 10.9. The average molecular weight is 276 g/mol. The van der Waals surface area contributed by atoms with Crippen LogP contribution in [-0.2, 0) is 0 Å². The fourth-order valence-electron chi connectivity index (χ4n) is 0.699. The second kappa shape index (κ2) is 4.40. The van der Waals surface area contributed by atoms with E-state index in [1.54, 1.807) is 5.43 Å². The Hall–Kier alpha value is -0.420. The van der Waals surface area contributed by atoms with Crippen molar-refractivity contribution in [2.45, 2.75) is 0 Å². The van der Waals surface area contributed by atoms with E-state index >= 15 is 0 Å². The monoisotopic (exact) mass is 274 g/mol. The molecule has 1 aliphatic carbocycles. The van der Waals surface area contributed by atoms with Crippen molar-refractivity contribution in [2.24, 2.45) is 5.10 Å². The number of allylic oxidation sites excluding steroid dienone is 4. The zero-order valence-corrected chi connectivity index (χ0v) is 9.34. The Morgan fingerprint density at radius 1 is 1.07 bits per heavy atom. The molecule has 0 heterocycles. The minimum Gasteiger partial charge on any atom is -0.464 e. The van der Waals surface area contributed by atoms with Crippen LogP contribution in [0, 0.1) is 0 Å². The molecule has 0 aromatic heterocycles. The van der Waals surface area contributed by atoms with Gasteiger partial charge >= 0.3 is 6.09 Å². The van der Waals surface area contributed by atoms with Gasteiger partial charge in [-0.05, 0) is 0 Å². The van der Waals surface area contributed by atoms with Gasteiger partial charge in [0.15, 0.2) is 0 Å². The number of hydrogen-bond acceptors (Lipinski definition) is 2. The highest BCUT2D eigenvalue weighted by molar-refractivity contribution is 6.66. The van der Waals surface area contributed by atoms with Crippen LogP contribution in [0.1, 0.15) is 0 Å². The number of carbonyl (C=O) groups is 1. The topological polar surface area (TPSA) is 61.7 Å². The van der Waals surface area contributed by atoms with Gasteiger partial charge in [-0.25, -0.2) is 10.2 Å². The maximum absolute atomic E-state index is 10.1. The van der Waals surface area contributed by atoms with E-state index in [1.165, 1.54) is 0 Å². The minimum atomic E-state index is -1.34. The van der Waals surface area contributed by atoms with Crippen LogP contribution in [0.3, 0.4) is 0 Å². The van der Waals surface area contributed by atoms with E-state index in [0.29, 0.717) is 0 Å². The van der Waals surface area contributed by atoms with E-state index in [2.05, 4.69) is 5.10 Å². The lowest BCUT2D eigenvalue weighted by atomic mass is 10.4. The molecule has 0 radical (unpaired) electrons. The Morgan fingerprint density at radius 3 is 1.86 bits per heavy atom. The summed E-state index contributed by atoms with van der Waals surface area (Å²) in [4.78, 5) is 10.1. The standard InChI is InChI=1S/C6H2Cl4N2O2/c7-1-2(8)4(10)5(3(1)9)11-12-6(13)14/h12H,(H,13,14). The lowest BCUT2D eigenvalue weighted by Gasteiger charge is -1.97. The molecule has 14 heavy (non-hydrogen) atoms. The van der Waals surface area contributed by atoms with Crippen LogP contribution >= 0.6 is 46.4 Å². The normalized spacial score (nSPS) is 16.4. The van der Waals surface area contributed by atoms with Gasteiger partial charge in [-0.15, -0.1) is 0 Å². The first-order valence-electron chi connectivity index (χ1n) is 3.13. The molecule has 2 N–H and O–H groups in total. The quantitative estimate of drug-likeness (QED) is 0.723. The maximum Gasteiger partial charge on any atom is 0.425 e. The highest BCUT2D eigenvalue weighted by atomic mass is 35.5. The molecule has 0 fully saturated rings. The second-order valence-electron chi connectivity index (χ2n) is 2.13. The molecule has 0 saturated carbocycles. The first kappa shape index (κ1) is 11.7. The third kappa shape index (κ3) is 2.15. The highest BCUT2D eigenvalue weighted by Gasteiger charge is 2.27. The van der Waals surface area contributed by atoms with Crippen LogP contribution in [0.4, 0.5) is 4.79 Å². The van der Waals surface area contributed by atoms with Crippen molar-refractivity contribution in [3.8, 4) is 0 Å². The molecule has 0 aliphatic heterocycles. The van der Waals surface area contributed by atoms with Crippen LogP contribution in [0.5, 0.6) is 0 Å². The molecule has 0 bridgehead atoms. The molecule has 8 heteroatoms. The van der Waals surface area contributed by atoms with Crippen molar-refractivity contribution in [3.63, 3.8) is 0 Å². The molecular weight excluding hydrogens is 274 g/mol. The number of carboxylic acid groups (broad SMARTS) is 1. The summed E-state index contributed by atoms with van der Waals surface area (Å²) >= 11 is 22.6. The van der Waals surface area contributed by atoms with Crippen LogP contribution in [0.15, 0.2) is 25.2 Å². The molecule has 1 amide bonds. The van der Waals surface area contributed by atoms with E-state index in [0.717, 1.165) is 0 Å². The summed E-state index contributed by atoms with van der Waals surface area (Å²) in [6.07, 6.45) is -1.34. The van der Waals surface area contributed by atoms with Crippen molar-refractivity contribution in [1.29, 1.82) is 0 Å². The van der Waals surface area contributed by atoms with Crippen molar-refractivity contribution in [3.05, 3.63) is 20.1 Å². The second-order valence-corrected chi connectivity index (χ2v) is 3.65. The van der Waals surface area contributed by atoms with E-state index in [-0.39, 0.29) is 25.8 Å². The summed E-state index contributed by atoms with van der Waals surface area (Å²) in [5, 5.41) is 11.8. The zero-order valence-electron chi connectivity index (χ0n) is 6.31. The Balaban J connectivity index is 3.03. The smallest absolute Gasteiger partial charge is 0.425 e. The number of nitrogens with one attached hydrogen (secondary N) is 1. The largest absolute Gasteiger partial charge is 0.464 e. The van der Waals surface area contributed by atoms with E-state index < -0.39 is 6.09 Å². The molecule has 0 unspecified atom stereocenters. The molecule has 0 spiro atoms. The van der Waals surface area contributed by atoms with Crippen LogP contribution < -0.4 is 5.43 Å². The van der Waals surface area contributed by atoms with Gasteiger partial charge in [0.05, 0.1) is 20.1 Å². The van der Waals surface area contributed by atoms with Crippen molar-refractivity contribution in [1.82, 2.24) is 5.43 Å². The van der Waals surface area contributed by atoms with E-state index in [4.69, 9.17) is 51.5 Å². The molecule has 1 rings (SSSR count). The number of rotatable bonds is 1. The predicted octanol–water partition coefficient (Wildman–Crippen LogP) is 3.00. The predicted molar refractivity (Wildman–Crippen MR) is 56.1 cm³/mol. The fourth-order valence-corrected chi connectivity index (χ4v) is 1.67. The molecule has 4 nitrogen and oxygen atoms in total. The summed E-state index contributed by atoms with van der Waals surface area (Å²) < 4.78 is 0. The maximum atomic E-state index is 10.1. The first-order valence-corrected chi connectivity index (χ1v) is 4.64. The number of amides is 1. The Kier molecular flexibility index (Phi) is 3.66. The number of halogens is 4. The Labute approximate surface area is 98.8 Å². The minimum absolute atomic E-state index is 0.00531. The van der Waals surface area contributed by atoms with Gasteiger partial charge in [0.25, 0.3) is 0 Å². The molecule has 0 aromatic carbocycles. The van der Waals surface area contributed by atoms with Crippen molar-refractivity contribution < 1.29 is 9.90 Å². The van der Waals surface area contributed by atoms with Gasteiger partial charge in [-0.3, -0.25) is 0 Å². The van der Waals surface area contributed by atoms with Gasteiger partial charge in [0.1, 0.15) is 5.71 Å². The SMILES string of the molecule is O=C(O)NN=C1C(Cl)=C(Cl)C(Cl)=C1Cl. The van der Waals surface area contributed by atoms with Crippen molar-refractivity contribution >= 4 is 58.2 Å². The Bertz CT molecular complexity index is 359. The third-order valence-electron chi connectivity index (χ3n) is 1.26. The van der Waals surface area contributed by atoms with E-state index in [1.807, 2.05) is 0 Å². The number of hydrogen-bond donors (Lipinski definition) is 2. The van der Waals surface area contributed by atoms with Crippen molar-refractivity contribution in [2.75, 3.05) is 0 Å². The molecule has 0 atom stereocenters. The van der Waals surface area contributed by atoms with Crippen LogP contribution in [-0.4, -0.2) is 16.9 Å². The first-order chi connectivity index (χ1) is 6.45. The molecular formula is C6H2Cl4N2O2. The summed E-state index contributed by atoms with van der Waals surface area (Å²) in [6, 6.07) is 0. The van der Waals surface area contributed by atoms with E-state index in [9.17, 15) is 4.79 Å².